The number of hydrogen-bond acceptors (Lipinski definition) is 7. The van der Waals surface area contributed by atoms with Crippen LogP contribution in [0.25, 0.3) is 0 Å². The zero-order valence-electron chi connectivity index (χ0n) is 14.3. The number of amides is 1. The Labute approximate surface area is 144 Å². The molecule has 3 rings (SSSR count). The van der Waals surface area contributed by atoms with E-state index in [0.29, 0.717) is 11.4 Å². The summed E-state index contributed by atoms with van der Waals surface area (Å²) in [6.07, 6.45) is 1.91. The largest absolute Gasteiger partial charge is 0.369 e. The number of carbonyl (C=O) groups excluding carboxylic acids is 2. The van der Waals surface area contributed by atoms with Gasteiger partial charge in [0.15, 0.2) is 5.96 Å². The van der Waals surface area contributed by atoms with Crippen LogP contribution in [0.1, 0.15) is 40.9 Å². The molecule has 0 fully saturated rings. The molecule has 8 nitrogen and oxygen atoms in total. The number of hydrogen-bond donors (Lipinski definition) is 1. The fraction of sp³-hybridized carbons (Fsp3) is 0.353. The van der Waals surface area contributed by atoms with Crippen molar-refractivity contribution in [1.29, 1.82) is 0 Å². The van der Waals surface area contributed by atoms with Crippen molar-refractivity contribution in [3.05, 3.63) is 47.1 Å². The minimum atomic E-state index is -0.852. The van der Waals surface area contributed by atoms with Gasteiger partial charge in [-0.15, -0.1) is 0 Å². The summed E-state index contributed by atoms with van der Waals surface area (Å²) in [5, 5.41) is 3.72. The number of aliphatic imine (C=N–C) groups is 1. The highest BCUT2D eigenvalue weighted by atomic mass is 16.5. The van der Waals surface area contributed by atoms with E-state index in [1.165, 1.54) is 4.90 Å². The molecule has 2 aromatic rings. The molecule has 2 aromatic heterocycles. The van der Waals surface area contributed by atoms with Gasteiger partial charge in [0, 0.05) is 25.7 Å². The van der Waals surface area contributed by atoms with Crippen LogP contribution in [0, 0.1) is 6.92 Å². The van der Waals surface area contributed by atoms with E-state index in [-0.39, 0.29) is 36.3 Å². The fourth-order valence-corrected chi connectivity index (χ4v) is 2.70. The van der Waals surface area contributed by atoms with E-state index in [9.17, 15) is 9.59 Å². The third kappa shape index (κ3) is 3.28. The summed E-state index contributed by atoms with van der Waals surface area (Å²) in [5.41, 5.74) is 6.98. The highest BCUT2D eigenvalue weighted by Gasteiger charge is 2.37. The van der Waals surface area contributed by atoms with Gasteiger partial charge in [0.1, 0.15) is 5.54 Å². The second-order valence-electron chi connectivity index (χ2n) is 6.36. The molecule has 1 unspecified atom stereocenters. The van der Waals surface area contributed by atoms with Gasteiger partial charge in [-0.05, 0) is 31.5 Å². The number of Topliss-reactive ketones (excluding diaryl/α,β-unsaturated/α-hetero) is 1. The molecule has 1 aliphatic heterocycles. The number of carbonyl (C=O) groups is 2. The number of ketones is 1. The molecular formula is C17H19N5O3. The Bertz CT molecular complexity index is 873. The van der Waals surface area contributed by atoms with Gasteiger partial charge in [0.05, 0.1) is 17.8 Å². The first kappa shape index (κ1) is 16.8. The van der Waals surface area contributed by atoms with Gasteiger partial charge in [-0.3, -0.25) is 19.5 Å². The normalized spacial score (nSPS) is 20.5. The third-order valence-corrected chi connectivity index (χ3v) is 4.22. The topological polar surface area (TPSA) is 115 Å². The van der Waals surface area contributed by atoms with E-state index in [1.54, 1.807) is 45.3 Å². The van der Waals surface area contributed by atoms with Gasteiger partial charge in [-0.25, -0.2) is 4.99 Å². The van der Waals surface area contributed by atoms with Crippen LogP contribution in [0.3, 0.4) is 0 Å². The highest BCUT2D eigenvalue weighted by molar-refractivity contribution is 5.98. The van der Waals surface area contributed by atoms with Crippen molar-refractivity contribution in [2.24, 2.45) is 10.7 Å². The molecule has 0 radical (unpaired) electrons. The average Bonchev–Trinajstić information content (AvgIpc) is 2.99. The molecule has 3 heterocycles. The maximum absolute atomic E-state index is 12.3. The lowest BCUT2D eigenvalue weighted by molar-refractivity contribution is -0.128. The van der Waals surface area contributed by atoms with Crippen LogP contribution in [0.2, 0.25) is 0 Å². The molecule has 0 bridgehead atoms. The Balaban J connectivity index is 1.87. The molecule has 1 atom stereocenters. The first-order valence-electron chi connectivity index (χ1n) is 7.82. The summed E-state index contributed by atoms with van der Waals surface area (Å²) < 4.78 is 5.00. The summed E-state index contributed by atoms with van der Waals surface area (Å²) >= 11 is 0. The highest BCUT2D eigenvalue weighted by Crippen LogP contribution is 2.31. The first-order chi connectivity index (χ1) is 11.8. The Morgan fingerprint density at radius 2 is 2.20 bits per heavy atom. The van der Waals surface area contributed by atoms with Crippen LogP contribution in [0.4, 0.5) is 0 Å². The van der Waals surface area contributed by atoms with Gasteiger partial charge in [0.25, 0.3) is 0 Å². The molecule has 0 saturated heterocycles. The molecule has 25 heavy (non-hydrogen) atoms. The predicted octanol–water partition coefficient (Wildman–Crippen LogP) is 1.20. The van der Waals surface area contributed by atoms with Crippen molar-refractivity contribution in [3.8, 4) is 0 Å². The van der Waals surface area contributed by atoms with Crippen LogP contribution >= 0.6 is 0 Å². The molecule has 0 aliphatic carbocycles. The summed E-state index contributed by atoms with van der Waals surface area (Å²) in [6.45, 7) is 3.56. The van der Waals surface area contributed by atoms with E-state index in [2.05, 4.69) is 15.1 Å². The van der Waals surface area contributed by atoms with Gasteiger partial charge < -0.3 is 10.3 Å². The monoisotopic (exact) mass is 341 g/mol. The summed E-state index contributed by atoms with van der Waals surface area (Å²) in [7, 11) is 1.59. The zero-order valence-corrected chi connectivity index (χ0v) is 14.3. The van der Waals surface area contributed by atoms with Crippen molar-refractivity contribution in [3.63, 3.8) is 0 Å². The van der Waals surface area contributed by atoms with Crippen molar-refractivity contribution < 1.29 is 14.1 Å². The lowest BCUT2D eigenvalue weighted by atomic mass is 9.90. The smallest absolute Gasteiger partial charge is 0.231 e. The van der Waals surface area contributed by atoms with E-state index in [4.69, 9.17) is 10.3 Å². The number of nitrogens with two attached hydrogens (primary N) is 1. The standard InChI is InChI=1S/C17H19N5O3/c1-10-6-13(25-21-10)12(23)7-11-4-5-19-14(8-11)17(2)9-15(24)22(3)16(18)20-17/h4-6,8H,7,9H2,1-3H3,(H2,18,20). The van der Waals surface area contributed by atoms with E-state index in [1.807, 2.05) is 0 Å². The molecular weight excluding hydrogens is 322 g/mol. The predicted molar refractivity (Wildman–Crippen MR) is 89.9 cm³/mol. The van der Waals surface area contributed by atoms with Crippen LogP contribution in [-0.2, 0) is 16.8 Å². The quantitative estimate of drug-likeness (QED) is 0.836. The van der Waals surface area contributed by atoms with Crippen LogP contribution in [-0.4, -0.2) is 39.7 Å². The Morgan fingerprint density at radius 3 is 2.84 bits per heavy atom. The second-order valence-corrected chi connectivity index (χ2v) is 6.36. The van der Waals surface area contributed by atoms with Crippen LogP contribution < -0.4 is 5.73 Å². The second kappa shape index (κ2) is 6.12. The van der Waals surface area contributed by atoms with E-state index in [0.717, 1.165) is 5.56 Å². The summed E-state index contributed by atoms with van der Waals surface area (Å²) in [4.78, 5) is 34.5. The minimum Gasteiger partial charge on any atom is -0.369 e. The van der Waals surface area contributed by atoms with Crippen LogP contribution in [0.15, 0.2) is 33.9 Å². The van der Waals surface area contributed by atoms with Gasteiger partial charge in [-0.2, -0.15) is 0 Å². The third-order valence-electron chi connectivity index (χ3n) is 4.22. The zero-order chi connectivity index (χ0) is 18.2. The van der Waals surface area contributed by atoms with Crippen molar-refractivity contribution >= 4 is 17.6 Å². The Kier molecular flexibility index (Phi) is 4.12. The van der Waals surface area contributed by atoms with Gasteiger partial charge in [-0.1, -0.05) is 5.16 Å². The summed E-state index contributed by atoms with van der Waals surface area (Å²) in [5.74, 6) is 0.0683. The molecule has 8 heteroatoms. The molecule has 2 N–H and O–H groups in total. The Hall–Kier alpha value is -3.03. The molecule has 130 valence electrons. The number of pyridine rings is 1. The Morgan fingerprint density at radius 1 is 1.44 bits per heavy atom. The summed E-state index contributed by atoms with van der Waals surface area (Å²) in [6, 6.07) is 5.13. The maximum atomic E-state index is 12.3. The van der Waals surface area contributed by atoms with E-state index < -0.39 is 5.54 Å². The lowest BCUT2D eigenvalue weighted by Gasteiger charge is -2.32. The minimum absolute atomic E-state index is 0.129. The molecule has 1 amide bonds. The number of guanidine groups is 1. The molecule has 1 aliphatic rings. The lowest BCUT2D eigenvalue weighted by Crippen LogP contribution is -2.47. The van der Waals surface area contributed by atoms with Gasteiger partial charge in [0.2, 0.25) is 17.5 Å². The number of aromatic nitrogens is 2. The fourth-order valence-electron chi connectivity index (χ4n) is 2.70. The molecule has 0 aromatic carbocycles. The SMILES string of the molecule is Cc1cc(C(=O)Cc2ccnc(C3(C)CC(=O)N(C)C(N)=N3)c2)on1. The maximum Gasteiger partial charge on any atom is 0.231 e. The van der Waals surface area contributed by atoms with Crippen molar-refractivity contribution in [2.75, 3.05) is 7.05 Å². The van der Waals surface area contributed by atoms with Crippen molar-refractivity contribution in [2.45, 2.75) is 32.2 Å². The van der Waals surface area contributed by atoms with Crippen molar-refractivity contribution in [1.82, 2.24) is 15.0 Å². The number of nitrogens with zero attached hydrogens (tertiary/aromatic N) is 4. The van der Waals surface area contributed by atoms with E-state index >= 15 is 0 Å². The first-order valence-corrected chi connectivity index (χ1v) is 7.82. The van der Waals surface area contributed by atoms with Crippen LogP contribution in [0.5, 0.6) is 0 Å². The molecule has 0 spiro atoms. The average molecular weight is 341 g/mol. The number of aryl methyl sites for hydroxylation is 1. The van der Waals surface area contributed by atoms with Gasteiger partial charge >= 0.3 is 0 Å². The number of rotatable bonds is 4. The molecule has 0 saturated carbocycles.